The number of para-hydroxylation sites is 1. The van der Waals surface area contributed by atoms with Crippen molar-refractivity contribution in [3.63, 3.8) is 0 Å². The average molecular weight is 409 g/mol. The van der Waals surface area contributed by atoms with Crippen molar-refractivity contribution in [1.82, 2.24) is 14.8 Å². The van der Waals surface area contributed by atoms with Crippen molar-refractivity contribution in [2.24, 2.45) is 0 Å². The van der Waals surface area contributed by atoms with E-state index in [2.05, 4.69) is 29.8 Å². The number of carbonyl (C=O) groups excluding carboxylic acids is 1. The van der Waals surface area contributed by atoms with E-state index in [4.69, 9.17) is 0 Å². The number of hydrogen-bond acceptors (Lipinski definition) is 4. The lowest BCUT2D eigenvalue weighted by Crippen LogP contribution is -2.37. The highest BCUT2D eigenvalue weighted by molar-refractivity contribution is 7.99. The molecule has 0 radical (unpaired) electrons. The smallest absolute Gasteiger partial charge is 0.237 e. The number of rotatable bonds is 6. The number of aromatic nitrogens is 3. The lowest BCUT2D eigenvalue weighted by atomic mass is 10.1. The van der Waals surface area contributed by atoms with E-state index in [1.807, 2.05) is 23.1 Å². The average Bonchev–Trinajstić information content (AvgIpc) is 3.27. The maximum atomic E-state index is 14.2. The molecule has 0 bridgehead atoms. The number of hydrogen-bond donors (Lipinski definition) is 0. The molecule has 1 aliphatic rings. The third-order valence-corrected chi connectivity index (χ3v) is 5.90. The van der Waals surface area contributed by atoms with Gasteiger partial charge in [0.2, 0.25) is 5.91 Å². The van der Waals surface area contributed by atoms with E-state index in [1.54, 1.807) is 28.8 Å². The first-order chi connectivity index (χ1) is 14.1. The van der Waals surface area contributed by atoms with Gasteiger partial charge in [0.15, 0.2) is 11.0 Å². The lowest BCUT2D eigenvalue weighted by molar-refractivity contribution is -0.116. The van der Waals surface area contributed by atoms with E-state index >= 15 is 0 Å². The normalized spacial score (nSPS) is 15.4. The first-order valence-corrected chi connectivity index (χ1v) is 10.4. The number of benzene rings is 2. The molecule has 148 valence electrons. The highest BCUT2D eigenvalue weighted by Gasteiger charge is 2.30. The van der Waals surface area contributed by atoms with Gasteiger partial charge in [0.05, 0.1) is 11.3 Å². The van der Waals surface area contributed by atoms with Gasteiger partial charge in [-0.3, -0.25) is 9.36 Å². The highest BCUT2D eigenvalue weighted by atomic mass is 32.2. The Morgan fingerprint density at radius 1 is 1.24 bits per heavy atom. The van der Waals surface area contributed by atoms with Crippen molar-refractivity contribution < 1.29 is 9.18 Å². The lowest BCUT2D eigenvalue weighted by Gasteiger charge is -2.22. The minimum absolute atomic E-state index is 0.0213. The van der Waals surface area contributed by atoms with E-state index < -0.39 is 0 Å². The highest BCUT2D eigenvalue weighted by Crippen LogP contribution is 2.33. The number of nitrogens with zero attached hydrogens (tertiary/aromatic N) is 4. The first-order valence-electron chi connectivity index (χ1n) is 9.42. The summed E-state index contributed by atoms with van der Waals surface area (Å²) in [5, 5.41) is 8.94. The Labute approximate surface area is 173 Å². The molecular formula is C22H21FN4OS. The van der Waals surface area contributed by atoms with Crippen LogP contribution in [0.3, 0.4) is 0 Å². The molecule has 5 nitrogen and oxygen atoms in total. The van der Waals surface area contributed by atoms with Gasteiger partial charge in [0.1, 0.15) is 5.82 Å². The van der Waals surface area contributed by atoms with Crippen molar-refractivity contribution in [2.75, 3.05) is 10.7 Å². The van der Waals surface area contributed by atoms with Crippen LogP contribution in [-0.4, -0.2) is 32.5 Å². The minimum Gasteiger partial charge on any atom is -0.308 e. The monoisotopic (exact) mass is 408 g/mol. The molecule has 29 heavy (non-hydrogen) atoms. The van der Waals surface area contributed by atoms with Gasteiger partial charge < -0.3 is 4.90 Å². The quantitative estimate of drug-likeness (QED) is 0.450. The van der Waals surface area contributed by atoms with E-state index in [9.17, 15) is 9.18 Å². The Morgan fingerprint density at radius 3 is 2.79 bits per heavy atom. The number of fused-ring (bicyclic) bond motifs is 1. The largest absolute Gasteiger partial charge is 0.308 e. The number of allylic oxidation sites excluding steroid dienone is 1. The summed E-state index contributed by atoms with van der Waals surface area (Å²) in [6.07, 6.45) is 2.56. The summed E-state index contributed by atoms with van der Waals surface area (Å²) in [6.45, 7) is 6.25. The Bertz CT molecular complexity index is 1060. The molecule has 0 fully saturated rings. The van der Waals surface area contributed by atoms with Crippen LogP contribution in [0.4, 0.5) is 10.1 Å². The standard InChI is InChI=1S/C22H21FN4OS/c1-3-12-26-21(17-9-5-6-10-18(17)23)24-25-22(26)29-14-20(28)27-15(2)13-16-8-4-7-11-19(16)27/h3-11,15H,1,12-14H2,2H3. The molecule has 0 spiro atoms. The predicted octanol–water partition coefficient (Wildman–Crippen LogP) is 4.34. The van der Waals surface area contributed by atoms with Gasteiger partial charge in [0.25, 0.3) is 0 Å². The zero-order chi connectivity index (χ0) is 20.4. The molecule has 1 unspecified atom stereocenters. The van der Waals surface area contributed by atoms with Gasteiger partial charge in [-0.05, 0) is 37.1 Å². The van der Waals surface area contributed by atoms with Crippen LogP contribution in [0, 0.1) is 5.82 Å². The maximum absolute atomic E-state index is 14.2. The number of halogens is 1. The van der Waals surface area contributed by atoms with Crippen molar-refractivity contribution >= 4 is 23.4 Å². The summed E-state index contributed by atoms with van der Waals surface area (Å²) in [6, 6.07) is 14.6. The van der Waals surface area contributed by atoms with Crippen LogP contribution in [0.25, 0.3) is 11.4 Å². The van der Waals surface area contributed by atoms with Gasteiger partial charge in [-0.15, -0.1) is 16.8 Å². The van der Waals surface area contributed by atoms with Gasteiger partial charge in [-0.1, -0.05) is 48.2 Å². The number of carbonyl (C=O) groups is 1. The van der Waals surface area contributed by atoms with Crippen molar-refractivity contribution in [3.05, 3.63) is 72.6 Å². The van der Waals surface area contributed by atoms with Crippen molar-refractivity contribution in [2.45, 2.75) is 31.1 Å². The molecule has 0 saturated heterocycles. The van der Waals surface area contributed by atoms with Crippen LogP contribution < -0.4 is 4.90 Å². The summed E-state index contributed by atoms with van der Waals surface area (Å²) in [5.41, 5.74) is 2.54. The van der Waals surface area contributed by atoms with Crippen LogP contribution >= 0.6 is 11.8 Å². The number of amides is 1. The predicted molar refractivity (Wildman–Crippen MR) is 113 cm³/mol. The summed E-state index contributed by atoms with van der Waals surface area (Å²) in [7, 11) is 0. The van der Waals surface area contributed by atoms with Crippen LogP contribution in [0.2, 0.25) is 0 Å². The summed E-state index contributed by atoms with van der Waals surface area (Å²) >= 11 is 1.31. The third-order valence-electron chi connectivity index (χ3n) is 4.94. The molecular weight excluding hydrogens is 387 g/mol. The van der Waals surface area contributed by atoms with Crippen LogP contribution in [0.1, 0.15) is 12.5 Å². The fourth-order valence-corrected chi connectivity index (χ4v) is 4.48. The van der Waals surface area contributed by atoms with E-state index in [0.717, 1.165) is 12.1 Å². The molecule has 2 heterocycles. The van der Waals surface area contributed by atoms with Crippen LogP contribution in [0.15, 0.2) is 66.3 Å². The van der Waals surface area contributed by atoms with E-state index in [0.29, 0.717) is 23.1 Å². The molecule has 1 aromatic heterocycles. The minimum atomic E-state index is -0.361. The van der Waals surface area contributed by atoms with Crippen molar-refractivity contribution in [3.8, 4) is 11.4 Å². The first kappa shape index (κ1) is 19.4. The summed E-state index contributed by atoms with van der Waals surface area (Å²) in [4.78, 5) is 14.8. The van der Waals surface area contributed by atoms with Gasteiger partial charge in [-0.25, -0.2) is 4.39 Å². The second kappa shape index (κ2) is 8.21. The zero-order valence-electron chi connectivity index (χ0n) is 16.1. The molecule has 0 saturated carbocycles. The van der Waals surface area contributed by atoms with Gasteiger partial charge >= 0.3 is 0 Å². The summed E-state index contributed by atoms with van der Waals surface area (Å²) in [5.74, 6) is 0.316. The zero-order valence-corrected chi connectivity index (χ0v) is 16.9. The topological polar surface area (TPSA) is 51.0 Å². The van der Waals surface area contributed by atoms with Crippen LogP contribution in [0.5, 0.6) is 0 Å². The van der Waals surface area contributed by atoms with Gasteiger partial charge in [0, 0.05) is 18.3 Å². The molecule has 1 amide bonds. The molecule has 0 N–H and O–H groups in total. The number of anilines is 1. The molecule has 2 aromatic carbocycles. The van der Waals surface area contributed by atoms with Crippen LogP contribution in [-0.2, 0) is 17.8 Å². The number of thioether (sulfide) groups is 1. The Balaban J connectivity index is 1.55. The third kappa shape index (κ3) is 3.70. The Morgan fingerprint density at radius 2 is 2.00 bits per heavy atom. The van der Waals surface area contributed by atoms with E-state index in [1.165, 1.54) is 23.4 Å². The molecule has 7 heteroatoms. The van der Waals surface area contributed by atoms with Crippen molar-refractivity contribution in [1.29, 1.82) is 0 Å². The molecule has 1 aliphatic heterocycles. The SMILES string of the molecule is C=CCn1c(SCC(=O)N2c3ccccc3CC2C)nnc1-c1ccccc1F. The Hall–Kier alpha value is -2.93. The fourth-order valence-electron chi connectivity index (χ4n) is 3.67. The second-order valence-electron chi connectivity index (χ2n) is 6.92. The molecule has 4 rings (SSSR count). The molecule has 0 aliphatic carbocycles. The van der Waals surface area contributed by atoms with Gasteiger partial charge in [-0.2, -0.15) is 0 Å². The Kier molecular flexibility index (Phi) is 5.49. The molecule has 1 atom stereocenters. The maximum Gasteiger partial charge on any atom is 0.237 e. The summed E-state index contributed by atoms with van der Waals surface area (Å²) < 4.78 is 16.0. The second-order valence-corrected chi connectivity index (χ2v) is 7.86. The van der Waals surface area contributed by atoms with E-state index in [-0.39, 0.29) is 23.5 Å². The fraction of sp³-hybridized carbons (Fsp3) is 0.227. The molecule has 3 aromatic rings.